The van der Waals surface area contributed by atoms with E-state index in [1.165, 1.54) is 49.2 Å². The van der Waals surface area contributed by atoms with Crippen LogP contribution in [-0.2, 0) is 12.6 Å². The van der Waals surface area contributed by atoms with Crippen molar-refractivity contribution >= 4 is 11.5 Å². The molecule has 5 rings (SSSR count). The molecule has 0 amide bonds. The summed E-state index contributed by atoms with van der Waals surface area (Å²) in [5, 5.41) is 0. The number of rotatable bonds is 1. The third-order valence-corrected chi connectivity index (χ3v) is 6.08. The van der Waals surface area contributed by atoms with Gasteiger partial charge >= 0.3 is 0 Å². The topological polar surface area (TPSA) is 25.5 Å². The molecule has 3 aromatic rings. The van der Waals surface area contributed by atoms with Gasteiger partial charge in [0.25, 0.3) is 0 Å². The van der Waals surface area contributed by atoms with Gasteiger partial charge in [0.05, 0.1) is 23.0 Å². The number of imidazole rings is 2. The van der Waals surface area contributed by atoms with Gasteiger partial charge < -0.3 is 9.47 Å². The molecule has 0 radical (unpaired) electrons. The summed E-state index contributed by atoms with van der Waals surface area (Å²) in [6.07, 6.45) is 10.6. The van der Waals surface area contributed by atoms with Crippen molar-refractivity contribution in [2.75, 3.05) is 4.90 Å². The molecule has 0 saturated heterocycles. The van der Waals surface area contributed by atoms with Gasteiger partial charge in [-0.3, -0.25) is 4.40 Å². The lowest BCUT2D eigenvalue weighted by Crippen LogP contribution is -2.44. The highest BCUT2D eigenvalue weighted by molar-refractivity contribution is 5.60. The Morgan fingerprint density at radius 3 is 2.54 bits per heavy atom. The second-order valence-corrected chi connectivity index (χ2v) is 7.40. The van der Waals surface area contributed by atoms with Crippen LogP contribution in [0.5, 0.6) is 0 Å². The molecule has 24 heavy (non-hydrogen) atoms. The Hall–Kier alpha value is -2.23. The van der Waals surface area contributed by atoms with Gasteiger partial charge in [0, 0.05) is 25.1 Å². The maximum Gasteiger partial charge on any atom is 0.214 e. The summed E-state index contributed by atoms with van der Waals surface area (Å²) in [6.45, 7) is 2.34. The molecule has 1 aliphatic heterocycles. The Balaban J connectivity index is 1.76. The number of anilines is 1. The fourth-order valence-corrected chi connectivity index (χ4v) is 5.08. The van der Waals surface area contributed by atoms with E-state index in [1.54, 1.807) is 0 Å². The predicted octanol–water partition coefficient (Wildman–Crippen LogP) is 4.41. The summed E-state index contributed by atoms with van der Waals surface area (Å²) in [5.74, 6) is 1.07. The van der Waals surface area contributed by atoms with Crippen molar-refractivity contribution in [1.29, 1.82) is 0 Å². The Labute approximate surface area is 142 Å². The highest BCUT2D eigenvalue weighted by atomic mass is 15.3. The fourth-order valence-electron chi connectivity index (χ4n) is 5.08. The van der Waals surface area contributed by atoms with Gasteiger partial charge in [-0.05, 0) is 31.9 Å². The zero-order valence-corrected chi connectivity index (χ0v) is 14.4. The van der Waals surface area contributed by atoms with Gasteiger partial charge in [-0.2, -0.15) is 0 Å². The summed E-state index contributed by atoms with van der Waals surface area (Å²) in [7, 11) is 2.09. The highest BCUT2D eigenvalue weighted by Gasteiger charge is 2.52. The normalized spacial score (nSPS) is 22.4. The average molecular weight is 320 g/mol. The summed E-state index contributed by atoms with van der Waals surface area (Å²) < 4.78 is 4.44. The summed E-state index contributed by atoms with van der Waals surface area (Å²) >= 11 is 0. The molecule has 4 nitrogen and oxygen atoms in total. The number of aryl methyl sites for hydroxylation is 1. The van der Waals surface area contributed by atoms with E-state index in [0.29, 0.717) is 6.04 Å². The van der Waals surface area contributed by atoms with Crippen LogP contribution in [0.4, 0.5) is 5.69 Å². The Kier molecular flexibility index (Phi) is 2.88. The molecule has 0 bridgehead atoms. The van der Waals surface area contributed by atoms with Crippen LogP contribution in [0.2, 0.25) is 0 Å². The number of hydrogen-bond acceptors (Lipinski definition) is 2. The Morgan fingerprint density at radius 2 is 1.79 bits per heavy atom. The zero-order valence-electron chi connectivity index (χ0n) is 14.4. The first kappa shape index (κ1) is 14.1. The molecule has 3 heterocycles. The largest absolute Gasteiger partial charge is 0.352 e. The van der Waals surface area contributed by atoms with E-state index in [1.807, 2.05) is 0 Å². The summed E-state index contributed by atoms with van der Waals surface area (Å²) in [6, 6.07) is 11.3. The minimum absolute atomic E-state index is 0.0698. The zero-order chi connectivity index (χ0) is 16.3. The van der Waals surface area contributed by atoms with Crippen molar-refractivity contribution in [3.63, 3.8) is 0 Å². The molecule has 4 heteroatoms. The van der Waals surface area contributed by atoms with E-state index in [4.69, 9.17) is 4.98 Å². The van der Waals surface area contributed by atoms with Crippen LogP contribution in [0.1, 0.15) is 56.5 Å². The van der Waals surface area contributed by atoms with Crippen molar-refractivity contribution in [2.45, 2.75) is 50.6 Å². The maximum atomic E-state index is 5.14. The van der Waals surface area contributed by atoms with Crippen LogP contribution >= 0.6 is 0 Å². The quantitative estimate of drug-likeness (QED) is 0.663. The molecule has 2 aliphatic rings. The van der Waals surface area contributed by atoms with Crippen LogP contribution in [0, 0.1) is 0 Å². The van der Waals surface area contributed by atoms with Crippen molar-refractivity contribution in [3.8, 4) is 0 Å². The smallest absolute Gasteiger partial charge is 0.214 e. The second-order valence-electron chi connectivity index (χ2n) is 7.40. The minimum atomic E-state index is 0.0698. The van der Waals surface area contributed by atoms with Crippen LogP contribution in [-0.4, -0.2) is 14.0 Å². The molecule has 0 unspecified atom stereocenters. The first-order valence-corrected chi connectivity index (χ1v) is 9.10. The Bertz CT molecular complexity index is 883. The number of aromatic nitrogens is 3. The minimum Gasteiger partial charge on any atom is -0.352 e. The fraction of sp³-hybridized carbons (Fsp3) is 0.450. The molecule has 1 aliphatic carbocycles. The average Bonchev–Trinajstić information content (AvgIpc) is 3.22. The molecule has 1 aromatic carbocycles. The number of para-hydroxylation sites is 1. The molecular formula is C20H24N4. The Morgan fingerprint density at radius 1 is 1.04 bits per heavy atom. The van der Waals surface area contributed by atoms with Crippen LogP contribution in [0.15, 0.2) is 42.7 Å². The number of hydrogen-bond donors (Lipinski definition) is 0. The van der Waals surface area contributed by atoms with E-state index >= 15 is 0 Å². The van der Waals surface area contributed by atoms with E-state index in [9.17, 15) is 0 Å². The van der Waals surface area contributed by atoms with E-state index in [0.717, 1.165) is 5.78 Å². The van der Waals surface area contributed by atoms with Crippen LogP contribution in [0.25, 0.3) is 5.78 Å². The van der Waals surface area contributed by atoms with Gasteiger partial charge in [0.2, 0.25) is 5.78 Å². The molecular weight excluding hydrogens is 296 g/mol. The van der Waals surface area contributed by atoms with Gasteiger partial charge in [0.15, 0.2) is 0 Å². The standard InChI is InChI=1S/C20H24N4/c1-15-17-18(21-19-22(2)13-14-23(17)19)20(11-7-4-8-12-20)24(15)16-9-5-3-6-10-16/h3,5-6,9-10,13-15H,4,7-8,11-12H2,1-2H3/t15-/m0/s1. The number of nitrogens with zero attached hydrogens (tertiary/aromatic N) is 4. The third-order valence-electron chi connectivity index (χ3n) is 6.08. The van der Waals surface area contributed by atoms with Crippen molar-refractivity contribution < 1.29 is 0 Å². The number of fused-ring (bicyclic) bond motifs is 4. The molecule has 2 aromatic heterocycles. The summed E-state index contributed by atoms with van der Waals surface area (Å²) in [4.78, 5) is 7.80. The van der Waals surface area contributed by atoms with Gasteiger partial charge in [-0.15, -0.1) is 0 Å². The van der Waals surface area contributed by atoms with Crippen LogP contribution in [0.3, 0.4) is 0 Å². The monoisotopic (exact) mass is 320 g/mol. The third kappa shape index (κ3) is 1.66. The molecule has 1 saturated carbocycles. The van der Waals surface area contributed by atoms with Crippen molar-refractivity contribution in [3.05, 3.63) is 54.1 Å². The molecule has 1 atom stereocenters. The van der Waals surface area contributed by atoms with E-state index in [-0.39, 0.29) is 5.54 Å². The first-order valence-electron chi connectivity index (χ1n) is 9.10. The highest BCUT2D eigenvalue weighted by Crippen LogP contribution is 2.54. The predicted molar refractivity (Wildman–Crippen MR) is 96.3 cm³/mol. The lowest BCUT2D eigenvalue weighted by Gasteiger charge is -2.44. The second kappa shape index (κ2) is 4.88. The maximum absolute atomic E-state index is 5.14. The van der Waals surface area contributed by atoms with E-state index in [2.05, 4.69) is 70.6 Å². The van der Waals surface area contributed by atoms with Gasteiger partial charge in [-0.1, -0.05) is 37.5 Å². The van der Waals surface area contributed by atoms with Gasteiger partial charge in [-0.25, -0.2) is 4.98 Å². The van der Waals surface area contributed by atoms with Crippen molar-refractivity contribution in [2.24, 2.45) is 7.05 Å². The number of benzene rings is 1. The van der Waals surface area contributed by atoms with Gasteiger partial charge in [0.1, 0.15) is 0 Å². The lowest BCUT2D eigenvalue weighted by atomic mass is 9.79. The van der Waals surface area contributed by atoms with E-state index < -0.39 is 0 Å². The molecule has 1 fully saturated rings. The lowest BCUT2D eigenvalue weighted by molar-refractivity contribution is 0.279. The molecule has 124 valence electrons. The van der Waals surface area contributed by atoms with Crippen LogP contribution < -0.4 is 4.90 Å². The summed E-state index contributed by atoms with van der Waals surface area (Å²) in [5.41, 5.74) is 4.11. The molecule has 1 spiro atoms. The SMILES string of the molecule is C[C@H]1c2c(nc3n(C)ccn23)C2(CCCCC2)N1c1ccccc1. The first-order chi connectivity index (χ1) is 11.7. The molecule has 0 N–H and O–H groups in total. The van der Waals surface area contributed by atoms with Crippen molar-refractivity contribution in [1.82, 2.24) is 14.0 Å².